The van der Waals surface area contributed by atoms with Crippen molar-refractivity contribution in [2.45, 2.75) is 13.0 Å². The number of hydrogen-bond donors (Lipinski definition) is 1. The molecule has 1 aliphatic rings. The normalized spacial score (nSPS) is 15.2. The van der Waals surface area contributed by atoms with Gasteiger partial charge >= 0.3 is 0 Å². The first kappa shape index (κ1) is 24.9. The molecule has 36 heavy (non-hydrogen) atoms. The molecule has 1 amide bonds. The summed E-state index contributed by atoms with van der Waals surface area (Å²) in [6.07, 6.45) is 1.21. The average Bonchev–Trinajstić information content (AvgIpc) is 3.47. The molecule has 3 heterocycles. The second-order valence-corrected chi connectivity index (χ2v) is 10.2. The van der Waals surface area contributed by atoms with Gasteiger partial charge in [-0.2, -0.15) is 0 Å². The molecule has 188 valence electrons. The number of nitrogens with zero attached hydrogens (tertiary/aromatic N) is 3. The Hall–Kier alpha value is -2.82. The number of fused-ring (bicyclic) bond motifs is 1. The molecular formula is C25H24Cl2N4O4S. The quantitative estimate of drug-likeness (QED) is 0.322. The summed E-state index contributed by atoms with van der Waals surface area (Å²) in [5.41, 5.74) is 8.02. The molecule has 11 heteroatoms. The van der Waals surface area contributed by atoms with Gasteiger partial charge in [0.25, 0.3) is 5.91 Å². The van der Waals surface area contributed by atoms with Gasteiger partial charge in [0, 0.05) is 29.7 Å². The first-order chi connectivity index (χ1) is 17.4. The number of rotatable bonds is 8. The summed E-state index contributed by atoms with van der Waals surface area (Å²) in [4.78, 5) is 19.1. The fourth-order valence-corrected chi connectivity index (χ4v) is 5.43. The van der Waals surface area contributed by atoms with E-state index in [1.54, 1.807) is 24.5 Å². The maximum Gasteiger partial charge on any atom is 0.262 e. The third kappa shape index (κ3) is 5.16. The highest BCUT2D eigenvalue weighted by Crippen LogP contribution is 2.39. The Morgan fingerprint density at radius 2 is 2.00 bits per heavy atom. The van der Waals surface area contributed by atoms with Crippen molar-refractivity contribution in [2.75, 3.05) is 33.0 Å². The van der Waals surface area contributed by atoms with Crippen LogP contribution in [0.4, 0.5) is 0 Å². The van der Waals surface area contributed by atoms with Crippen molar-refractivity contribution in [3.63, 3.8) is 0 Å². The van der Waals surface area contributed by atoms with Crippen LogP contribution in [-0.2, 0) is 4.74 Å². The van der Waals surface area contributed by atoms with E-state index in [0.29, 0.717) is 46.4 Å². The van der Waals surface area contributed by atoms with Crippen LogP contribution in [0.2, 0.25) is 10.0 Å². The first-order valence-electron chi connectivity index (χ1n) is 11.4. The van der Waals surface area contributed by atoms with E-state index in [-0.39, 0.29) is 0 Å². The highest BCUT2D eigenvalue weighted by atomic mass is 35.5. The molecule has 1 saturated heterocycles. The average molecular weight is 547 g/mol. The zero-order chi connectivity index (χ0) is 25.2. The summed E-state index contributed by atoms with van der Waals surface area (Å²) in [7, 11) is 0. The maximum atomic E-state index is 12.2. The first-order valence-corrected chi connectivity index (χ1v) is 12.9. The highest BCUT2D eigenvalue weighted by Gasteiger charge is 2.22. The number of carbonyl (C=O) groups excluding carboxylic acids is 1. The van der Waals surface area contributed by atoms with Gasteiger partial charge in [0.2, 0.25) is 0 Å². The SMILES string of the molecule is C[C@@H](Oc1cc(-n2cnc3cc(Cl)ccc32)sc1C(N)=O)c1cccc(OCN2CCOCC2)c1Cl. The predicted molar refractivity (Wildman–Crippen MR) is 141 cm³/mol. The van der Waals surface area contributed by atoms with Crippen LogP contribution in [0.15, 0.2) is 48.8 Å². The molecule has 2 aromatic heterocycles. The molecule has 5 rings (SSSR count). The van der Waals surface area contributed by atoms with E-state index < -0.39 is 12.0 Å². The second kappa shape index (κ2) is 10.7. The van der Waals surface area contributed by atoms with Crippen molar-refractivity contribution in [1.82, 2.24) is 14.5 Å². The Morgan fingerprint density at radius 3 is 2.78 bits per heavy atom. The smallest absolute Gasteiger partial charge is 0.262 e. The van der Waals surface area contributed by atoms with Gasteiger partial charge in [-0.15, -0.1) is 11.3 Å². The standard InChI is InChI=1S/C25H24Cl2N4O4S/c1-15(17-3-2-4-20(23(17)27)34-14-30-7-9-33-10-8-30)35-21-12-22(36-24(21)25(28)32)31-13-29-18-11-16(26)5-6-19(18)31/h2-6,11-13,15H,7-10,14H2,1H3,(H2,28,32)/t15-/m1/s1. The number of hydrogen-bond acceptors (Lipinski definition) is 7. The van der Waals surface area contributed by atoms with Crippen LogP contribution in [0.5, 0.6) is 11.5 Å². The monoisotopic (exact) mass is 546 g/mol. The van der Waals surface area contributed by atoms with Gasteiger partial charge in [-0.3, -0.25) is 14.3 Å². The molecule has 1 aliphatic heterocycles. The number of imidazole rings is 1. The van der Waals surface area contributed by atoms with Crippen LogP contribution in [0.3, 0.4) is 0 Å². The molecule has 1 atom stereocenters. The topological polar surface area (TPSA) is 91.8 Å². The summed E-state index contributed by atoms with van der Waals surface area (Å²) in [5, 5.41) is 1.80. The molecule has 0 bridgehead atoms. The van der Waals surface area contributed by atoms with Gasteiger partial charge in [-0.1, -0.05) is 35.3 Å². The summed E-state index contributed by atoms with van der Waals surface area (Å²) in [6, 6.07) is 12.8. The molecule has 4 aromatic rings. The van der Waals surface area contributed by atoms with Crippen LogP contribution >= 0.6 is 34.5 Å². The Morgan fingerprint density at radius 1 is 1.19 bits per heavy atom. The van der Waals surface area contributed by atoms with Crippen LogP contribution in [0.1, 0.15) is 28.3 Å². The molecule has 0 spiro atoms. The van der Waals surface area contributed by atoms with Crippen LogP contribution in [0.25, 0.3) is 16.0 Å². The van der Waals surface area contributed by atoms with E-state index in [1.165, 1.54) is 11.3 Å². The highest BCUT2D eigenvalue weighted by molar-refractivity contribution is 7.16. The molecule has 2 N–H and O–H groups in total. The van der Waals surface area contributed by atoms with Crippen molar-refractivity contribution in [3.05, 3.63) is 69.3 Å². The zero-order valence-corrected chi connectivity index (χ0v) is 21.8. The van der Waals surface area contributed by atoms with E-state index in [0.717, 1.165) is 34.7 Å². The number of thiophene rings is 1. The van der Waals surface area contributed by atoms with Crippen LogP contribution in [-0.4, -0.2) is 53.4 Å². The minimum absolute atomic E-state index is 0.309. The maximum absolute atomic E-state index is 12.2. The van der Waals surface area contributed by atoms with Gasteiger partial charge in [0.1, 0.15) is 40.5 Å². The number of primary amides is 1. The van der Waals surface area contributed by atoms with Crippen molar-refractivity contribution in [1.29, 1.82) is 0 Å². The second-order valence-electron chi connectivity index (χ2n) is 8.31. The van der Waals surface area contributed by atoms with E-state index in [1.807, 2.05) is 35.8 Å². The number of amides is 1. The van der Waals surface area contributed by atoms with Crippen molar-refractivity contribution in [3.8, 4) is 16.5 Å². The van der Waals surface area contributed by atoms with Crippen LogP contribution in [0, 0.1) is 0 Å². The molecule has 2 aromatic carbocycles. The lowest BCUT2D eigenvalue weighted by atomic mass is 10.1. The van der Waals surface area contributed by atoms with E-state index in [4.69, 9.17) is 43.1 Å². The van der Waals surface area contributed by atoms with E-state index in [2.05, 4.69) is 9.88 Å². The fraction of sp³-hybridized carbons (Fsp3) is 0.280. The van der Waals surface area contributed by atoms with Crippen LogP contribution < -0.4 is 15.2 Å². The molecular weight excluding hydrogens is 523 g/mol. The van der Waals surface area contributed by atoms with Gasteiger partial charge in [-0.05, 0) is 31.2 Å². The molecule has 0 radical (unpaired) electrons. The van der Waals surface area contributed by atoms with Gasteiger partial charge in [0.05, 0.1) is 29.3 Å². The van der Waals surface area contributed by atoms with Gasteiger partial charge < -0.3 is 19.9 Å². The lowest BCUT2D eigenvalue weighted by Gasteiger charge is -2.26. The molecule has 0 unspecified atom stereocenters. The van der Waals surface area contributed by atoms with Crippen molar-refractivity contribution >= 4 is 51.5 Å². The number of aromatic nitrogens is 2. The minimum Gasteiger partial charge on any atom is -0.484 e. The Kier molecular flexibility index (Phi) is 7.36. The minimum atomic E-state index is -0.574. The van der Waals surface area contributed by atoms with Crippen molar-refractivity contribution in [2.24, 2.45) is 5.73 Å². The summed E-state index contributed by atoms with van der Waals surface area (Å²) < 4.78 is 19.4. The van der Waals surface area contributed by atoms with Crippen molar-refractivity contribution < 1.29 is 19.0 Å². The third-order valence-corrected chi connectivity index (χ3v) is 7.67. The lowest BCUT2D eigenvalue weighted by Crippen LogP contribution is -2.38. The van der Waals surface area contributed by atoms with E-state index in [9.17, 15) is 4.79 Å². The number of benzene rings is 2. The molecule has 1 fully saturated rings. The zero-order valence-electron chi connectivity index (χ0n) is 19.4. The Labute approximate surface area is 222 Å². The number of carbonyl (C=O) groups is 1. The number of ether oxygens (including phenoxy) is 3. The number of halogens is 2. The summed E-state index contributed by atoms with van der Waals surface area (Å²) in [6.45, 7) is 5.29. The molecule has 8 nitrogen and oxygen atoms in total. The predicted octanol–water partition coefficient (Wildman–Crippen LogP) is 5.30. The Bertz CT molecular complexity index is 1400. The number of morpholine rings is 1. The fourth-order valence-electron chi connectivity index (χ4n) is 4.00. The number of nitrogens with two attached hydrogens (primary N) is 1. The largest absolute Gasteiger partial charge is 0.484 e. The third-order valence-electron chi connectivity index (χ3n) is 5.90. The lowest BCUT2D eigenvalue weighted by molar-refractivity contribution is 0.00405. The summed E-state index contributed by atoms with van der Waals surface area (Å²) in [5.74, 6) is 0.372. The Balaban J connectivity index is 1.38. The molecule has 0 saturated carbocycles. The van der Waals surface area contributed by atoms with Gasteiger partial charge in [0.15, 0.2) is 0 Å². The summed E-state index contributed by atoms with van der Waals surface area (Å²) >= 11 is 14.0. The molecule has 0 aliphatic carbocycles. The van der Waals surface area contributed by atoms with E-state index >= 15 is 0 Å². The van der Waals surface area contributed by atoms with Gasteiger partial charge in [-0.25, -0.2) is 4.98 Å².